The standard InChI is InChI=1S/C14H10N4/c15-8-12-11(4-6-18-14(12)16)9-1-2-13-10(7-9)3-5-17-13/h1-7,17H,(H2,16,18). The Hall–Kier alpha value is -2.80. The lowest BCUT2D eigenvalue weighted by Crippen LogP contribution is -1.96. The van der Waals surface area contributed by atoms with Crippen LogP contribution < -0.4 is 5.73 Å². The first-order valence-corrected chi connectivity index (χ1v) is 5.51. The monoisotopic (exact) mass is 234 g/mol. The molecular weight excluding hydrogens is 224 g/mol. The molecule has 0 aliphatic carbocycles. The van der Waals surface area contributed by atoms with Crippen LogP contribution in [0.3, 0.4) is 0 Å². The van der Waals surface area contributed by atoms with E-state index in [1.54, 1.807) is 6.20 Å². The Balaban J connectivity index is 2.26. The molecule has 1 aromatic carbocycles. The van der Waals surface area contributed by atoms with E-state index in [-0.39, 0.29) is 5.82 Å². The molecule has 0 fully saturated rings. The van der Waals surface area contributed by atoms with Crippen LogP contribution in [-0.2, 0) is 0 Å². The molecule has 0 amide bonds. The third-order valence-corrected chi connectivity index (χ3v) is 2.96. The lowest BCUT2D eigenvalue weighted by molar-refractivity contribution is 1.31. The quantitative estimate of drug-likeness (QED) is 0.679. The van der Waals surface area contributed by atoms with Crippen LogP contribution in [0.5, 0.6) is 0 Å². The van der Waals surface area contributed by atoms with Gasteiger partial charge in [0.1, 0.15) is 17.5 Å². The SMILES string of the molecule is N#Cc1c(-c2ccc3[nH]ccc3c2)ccnc1N. The third-order valence-electron chi connectivity index (χ3n) is 2.96. The topological polar surface area (TPSA) is 78.5 Å². The number of aromatic amines is 1. The van der Waals surface area contributed by atoms with Crippen LogP contribution >= 0.6 is 0 Å². The highest BCUT2D eigenvalue weighted by molar-refractivity contribution is 5.87. The molecule has 0 aliphatic heterocycles. The van der Waals surface area contributed by atoms with Gasteiger partial charge in [0.15, 0.2) is 0 Å². The van der Waals surface area contributed by atoms with Crippen LogP contribution in [0, 0.1) is 11.3 Å². The van der Waals surface area contributed by atoms with Gasteiger partial charge in [-0.3, -0.25) is 0 Å². The van der Waals surface area contributed by atoms with Gasteiger partial charge in [-0.05, 0) is 35.2 Å². The number of H-pyrrole nitrogens is 1. The number of benzene rings is 1. The average Bonchev–Trinajstić information content (AvgIpc) is 2.85. The van der Waals surface area contributed by atoms with Crippen molar-refractivity contribution >= 4 is 16.7 Å². The van der Waals surface area contributed by atoms with E-state index in [2.05, 4.69) is 16.0 Å². The molecule has 3 aromatic rings. The molecule has 2 heterocycles. The lowest BCUT2D eigenvalue weighted by Gasteiger charge is -2.06. The van der Waals surface area contributed by atoms with Crippen LogP contribution in [-0.4, -0.2) is 9.97 Å². The number of hydrogen-bond acceptors (Lipinski definition) is 3. The van der Waals surface area contributed by atoms with Crippen molar-refractivity contribution in [3.63, 3.8) is 0 Å². The van der Waals surface area contributed by atoms with E-state index in [1.165, 1.54) is 0 Å². The Morgan fingerprint density at radius 3 is 2.94 bits per heavy atom. The van der Waals surface area contributed by atoms with Crippen LogP contribution in [0.2, 0.25) is 0 Å². The highest BCUT2D eigenvalue weighted by atomic mass is 14.8. The van der Waals surface area contributed by atoms with Gasteiger partial charge < -0.3 is 10.7 Å². The zero-order valence-corrected chi connectivity index (χ0v) is 9.51. The predicted octanol–water partition coefficient (Wildman–Crippen LogP) is 2.68. The summed E-state index contributed by atoms with van der Waals surface area (Å²) in [5.74, 6) is 0.268. The molecule has 86 valence electrons. The summed E-state index contributed by atoms with van der Waals surface area (Å²) < 4.78 is 0. The Bertz CT molecular complexity index is 765. The number of nitrogens with one attached hydrogen (secondary N) is 1. The number of pyridine rings is 1. The van der Waals surface area contributed by atoms with E-state index in [0.717, 1.165) is 22.0 Å². The number of fused-ring (bicyclic) bond motifs is 1. The maximum atomic E-state index is 9.16. The maximum Gasteiger partial charge on any atom is 0.141 e. The fourth-order valence-electron chi connectivity index (χ4n) is 2.06. The Labute approximate surface area is 104 Å². The fraction of sp³-hybridized carbons (Fsp3) is 0. The molecule has 2 aromatic heterocycles. The van der Waals surface area contributed by atoms with Crippen molar-refractivity contribution in [1.29, 1.82) is 5.26 Å². The van der Waals surface area contributed by atoms with E-state index in [4.69, 9.17) is 11.0 Å². The van der Waals surface area contributed by atoms with Crippen molar-refractivity contribution in [1.82, 2.24) is 9.97 Å². The lowest BCUT2D eigenvalue weighted by atomic mass is 10.0. The van der Waals surface area contributed by atoms with Crippen LogP contribution in [0.25, 0.3) is 22.0 Å². The number of nitrogens with two attached hydrogens (primary N) is 1. The molecule has 0 radical (unpaired) electrons. The molecule has 0 atom stereocenters. The molecule has 18 heavy (non-hydrogen) atoms. The van der Waals surface area contributed by atoms with Gasteiger partial charge in [-0.15, -0.1) is 0 Å². The van der Waals surface area contributed by atoms with E-state index < -0.39 is 0 Å². The summed E-state index contributed by atoms with van der Waals surface area (Å²) in [6.45, 7) is 0. The smallest absolute Gasteiger partial charge is 0.141 e. The molecule has 3 N–H and O–H groups in total. The number of nitrogens with zero attached hydrogens (tertiary/aromatic N) is 2. The Morgan fingerprint density at radius 2 is 2.11 bits per heavy atom. The van der Waals surface area contributed by atoms with Gasteiger partial charge in [0.05, 0.1) is 0 Å². The van der Waals surface area contributed by atoms with Crippen LogP contribution in [0.15, 0.2) is 42.7 Å². The van der Waals surface area contributed by atoms with Gasteiger partial charge in [-0.1, -0.05) is 6.07 Å². The second-order valence-electron chi connectivity index (χ2n) is 4.01. The zero-order chi connectivity index (χ0) is 12.5. The largest absolute Gasteiger partial charge is 0.383 e. The van der Waals surface area contributed by atoms with Gasteiger partial charge in [-0.2, -0.15) is 5.26 Å². The van der Waals surface area contributed by atoms with Gasteiger partial charge >= 0.3 is 0 Å². The predicted molar refractivity (Wildman–Crippen MR) is 70.7 cm³/mol. The average molecular weight is 234 g/mol. The van der Waals surface area contributed by atoms with Gasteiger partial charge in [-0.25, -0.2) is 4.98 Å². The van der Waals surface area contributed by atoms with E-state index in [1.807, 2.05) is 36.5 Å². The highest BCUT2D eigenvalue weighted by Crippen LogP contribution is 2.28. The van der Waals surface area contributed by atoms with Crippen molar-refractivity contribution < 1.29 is 0 Å². The molecule has 4 nitrogen and oxygen atoms in total. The molecular formula is C14H10N4. The summed E-state index contributed by atoms with van der Waals surface area (Å²) in [7, 11) is 0. The summed E-state index contributed by atoms with van der Waals surface area (Å²) in [6.07, 6.45) is 3.51. The molecule has 0 saturated heterocycles. The normalized spacial score (nSPS) is 10.4. The van der Waals surface area contributed by atoms with Crippen LogP contribution in [0.4, 0.5) is 5.82 Å². The molecule has 0 spiro atoms. The summed E-state index contributed by atoms with van der Waals surface area (Å²) in [6, 6.07) is 11.9. The number of hydrogen-bond donors (Lipinski definition) is 2. The number of anilines is 1. The Morgan fingerprint density at radius 1 is 1.22 bits per heavy atom. The highest BCUT2D eigenvalue weighted by Gasteiger charge is 2.09. The summed E-state index contributed by atoms with van der Waals surface area (Å²) in [5, 5.41) is 10.3. The maximum absolute atomic E-state index is 9.16. The number of rotatable bonds is 1. The summed E-state index contributed by atoms with van der Waals surface area (Å²) in [5.41, 5.74) is 8.99. The molecule has 0 saturated carbocycles. The minimum absolute atomic E-state index is 0.268. The van der Waals surface area contributed by atoms with Crippen molar-refractivity contribution in [3.8, 4) is 17.2 Å². The van der Waals surface area contributed by atoms with Crippen LogP contribution in [0.1, 0.15) is 5.56 Å². The van der Waals surface area contributed by atoms with E-state index in [0.29, 0.717) is 5.56 Å². The molecule has 0 bridgehead atoms. The zero-order valence-electron chi connectivity index (χ0n) is 9.51. The second kappa shape index (κ2) is 3.90. The summed E-state index contributed by atoms with van der Waals surface area (Å²) >= 11 is 0. The van der Waals surface area contributed by atoms with E-state index in [9.17, 15) is 0 Å². The Kier molecular flexibility index (Phi) is 2.24. The van der Waals surface area contributed by atoms with Crippen molar-refractivity contribution in [2.24, 2.45) is 0 Å². The first-order valence-electron chi connectivity index (χ1n) is 5.51. The van der Waals surface area contributed by atoms with Crippen molar-refractivity contribution in [2.75, 3.05) is 5.73 Å². The number of nitrogen functional groups attached to an aromatic ring is 1. The van der Waals surface area contributed by atoms with Gasteiger partial charge in [0.2, 0.25) is 0 Å². The van der Waals surface area contributed by atoms with E-state index >= 15 is 0 Å². The first-order chi connectivity index (χ1) is 8.79. The third kappa shape index (κ3) is 1.50. The molecule has 0 unspecified atom stereocenters. The van der Waals surface area contributed by atoms with Gasteiger partial charge in [0, 0.05) is 23.5 Å². The number of nitriles is 1. The number of aromatic nitrogens is 2. The minimum atomic E-state index is 0.268. The fourth-order valence-corrected chi connectivity index (χ4v) is 2.06. The van der Waals surface area contributed by atoms with Gasteiger partial charge in [0.25, 0.3) is 0 Å². The first kappa shape index (κ1) is 10.4. The van der Waals surface area contributed by atoms with Crippen molar-refractivity contribution in [3.05, 3.63) is 48.3 Å². The second-order valence-corrected chi connectivity index (χ2v) is 4.01. The van der Waals surface area contributed by atoms with Crippen molar-refractivity contribution in [2.45, 2.75) is 0 Å². The minimum Gasteiger partial charge on any atom is -0.383 e. The molecule has 3 rings (SSSR count). The molecule has 4 heteroatoms. The molecule has 0 aliphatic rings. The summed E-state index contributed by atoms with van der Waals surface area (Å²) in [4.78, 5) is 7.07.